The van der Waals surface area contributed by atoms with Crippen molar-refractivity contribution in [3.63, 3.8) is 0 Å². The van der Waals surface area contributed by atoms with Gasteiger partial charge in [-0.1, -0.05) is 6.07 Å². The van der Waals surface area contributed by atoms with Gasteiger partial charge in [-0.05, 0) is 58.8 Å². The minimum Gasteiger partial charge on any atom is -0.443 e. The van der Waals surface area contributed by atoms with E-state index in [0.717, 1.165) is 25.9 Å². The molecule has 0 bridgehead atoms. The monoisotopic (exact) mass is 306 g/mol. The zero-order valence-corrected chi connectivity index (χ0v) is 13.4. The highest BCUT2D eigenvalue weighted by Crippen LogP contribution is 2.47. The summed E-state index contributed by atoms with van der Waals surface area (Å²) in [4.78, 5) is 14.1. The lowest BCUT2D eigenvalue weighted by Crippen LogP contribution is -2.45. The number of nitrogens with zero attached hydrogens (tertiary/aromatic N) is 1. The van der Waals surface area contributed by atoms with Crippen LogP contribution < -0.4 is 10.2 Å². The first-order chi connectivity index (χ1) is 10.3. The van der Waals surface area contributed by atoms with E-state index in [1.54, 1.807) is 11.0 Å². The molecule has 0 aliphatic carbocycles. The van der Waals surface area contributed by atoms with Gasteiger partial charge in [0.1, 0.15) is 11.4 Å². The summed E-state index contributed by atoms with van der Waals surface area (Å²) in [6.07, 6.45) is 1.27. The summed E-state index contributed by atoms with van der Waals surface area (Å²) in [6, 6.07) is 4.96. The lowest BCUT2D eigenvalue weighted by Gasteiger charge is -2.34. The summed E-state index contributed by atoms with van der Waals surface area (Å²) in [7, 11) is 0. The van der Waals surface area contributed by atoms with Crippen LogP contribution in [0.25, 0.3) is 0 Å². The summed E-state index contributed by atoms with van der Waals surface area (Å²) in [5, 5.41) is 3.31. The van der Waals surface area contributed by atoms with Crippen LogP contribution >= 0.6 is 0 Å². The fraction of sp³-hybridized carbons (Fsp3) is 0.588. The predicted molar refractivity (Wildman–Crippen MR) is 83.8 cm³/mol. The number of ether oxygens (including phenoxy) is 1. The summed E-state index contributed by atoms with van der Waals surface area (Å²) >= 11 is 0. The Morgan fingerprint density at radius 1 is 1.32 bits per heavy atom. The Hall–Kier alpha value is -1.62. The van der Waals surface area contributed by atoms with E-state index in [2.05, 4.69) is 5.32 Å². The Bertz CT molecular complexity index is 589. The molecule has 1 aromatic carbocycles. The molecule has 1 N–H and O–H groups in total. The molecule has 0 unspecified atom stereocenters. The summed E-state index contributed by atoms with van der Waals surface area (Å²) < 4.78 is 20.0. The standard InChI is InChI=1S/C17H23FN2O2/c1-16(2,3)22-15(21)20-11-17(7-9-19-10-8-17)14-12(18)5-4-6-13(14)20/h4-6,19H,7-11H2,1-3H3. The van der Waals surface area contributed by atoms with E-state index >= 15 is 0 Å². The van der Waals surface area contributed by atoms with Gasteiger partial charge in [0.15, 0.2) is 0 Å². The third-order valence-corrected chi connectivity index (χ3v) is 4.45. The largest absolute Gasteiger partial charge is 0.443 e. The topological polar surface area (TPSA) is 41.6 Å². The van der Waals surface area contributed by atoms with Crippen LogP contribution in [0.2, 0.25) is 0 Å². The average molecular weight is 306 g/mol. The van der Waals surface area contributed by atoms with Gasteiger partial charge in [-0.15, -0.1) is 0 Å². The Balaban J connectivity index is 1.99. The van der Waals surface area contributed by atoms with Crippen molar-refractivity contribution in [2.45, 2.75) is 44.6 Å². The number of carbonyl (C=O) groups is 1. The van der Waals surface area contributed by atoms with Crippen LogP contribution in [-0.4, -0.2) is 31.3 Å². The van der Waals surface area contributed by atoms with E-state index in [4.69, 9.17) is 4.74 Å². The highest BCUT2D eigenvalue weighted by Gasteiger charge is 2.47. The fourth-order valence-electron chi connectivity index (χ4n) is 3.52. The number of benzene rings is 1. The second-order valence-corrected chi connectivity index (χ2v) is 7.23. The van der Waals surface area contributed by atoms with Crippen LogP contribution in [-0.2, 0) is 10.2 Å². The first-order valence-electron chi connectivity index (χ1n) is 7.83. The maximum Gasteiger partial charge on any atom is 0.414 e. The molecular formula is C17H23FN2O2. The number of anilines is 1. The van der Waals surface area contributed by atoms with E-state index < -0.39 is 11.7 Å². The molecule has 0 saturated carbocycles. The minimum atomic E-state index is -0.561. The Morgan fingerprint density at radius 2 is 2.00 bits per heavy atom. The third-order valence-electron chi connectivity index (χ3n) is 4.45. The van der Waals surface area contributed by atoms with Crippen LogP contribution in [0.4, 0.5) is 14.9 Å². The maximum atomic E-state index is 14.5. The maximum absolute atomic E-state index is 14.5. The first kappa shape index (κ1) is 15.3. The van der Waals surface area contributed by atoms with Gasteiger partial charge in [0.05, 0.1) is 5.69 Å². The molecule has 1 amide bonds. The van der Waals surface area contributed by atoms with E-state index in [1.165, 1.54) is 6.07 Å². The van der Waals surface area contributed by atoms with Crippen LogP contribution in [0.15, 0.2) is 18.2 Å². The van der Waals surface area contributed by atoms with Gasteiger partial charge in [-0.25, -0.2) is 9.18 Å². The van der Waals surface area contributed by atoms with Crippen LogP contribution in [0, 0.1) is 5.82 Å². The quantitative estimate of drug-likeness (QED) is 0.800. The Labute approximate surface area is 130 Å². The average Bonchev–Trinajstić information content (AvgIpc) is 2.74. The second-order valence-electron chi connectivity index (χ2n) is 7.23. The van der Waals surface area contributed by atoms with Crippen molar-refractivity contribution in [1.82, 2.24) is 5.32 Å². The van der Waals surface area contributed by atoms with Gasteiger partial charge < -0.3 is 10.1 Å². The van der Waals surface area contributed by atoms with E-state index in [-0.39, 0.29) is 11.2 Å². The molecule has 0 radical (unpaired) electrons. The molecule has 0 atom stereocenters. The molecule has 3 rings (SSSR count). The predicted octanol–water partition coefficient (Wildman–Crippen LogP) is 3.20. The number of piperidine rings is 1. The number of hydrogen-bond acceptors (Lipinski definition) is 3. The molecule has 4 nitrogen and oxygen atoms in total. The van der Waals surface area contributed by atoms with Gasteiger partial charge in [0, 0.05) is 17.5 Å². The van der Waals surface area contributed by atoms with E-state index in [0.29, 0.717) is 17.8 Å². The SMILES string of the molecule is CC(C)(C)OC(=O)N1CC2(CCNCC2)c2c(F)cccc21. The molecule has 22 heavy (non-hydrogen) atoms. The van der Waals surface area contributed by atoms with Crippen molar-refractivity contribution < 1.29 is 13.9 Å². The van der Waals surface area contributed by atoms with Crippen LogP contribution in [0.5, 0.6) is 0 Å². The Morgan fingerprint density at radius 3 is 2.64 bits per heavy atom. The molecule has 5 heteroatoms. The second kappa shape index (κ2) is 5.23. The van der Waals surface area contributed by atoms with Gasteiger partial charge in [-0.3, -0.25) is 4.90 Å². The van der Waals surface area contributed by atoms with Crippen molar-refractivity contribution in [1.29, 1.82) is 0 Å². The number of fused-ring (bicyclic) bond motifs is 2. The van der Waals surface area contributed by atoms with Gasteiger partial charge >= 0.3 is 6.09 Å². The highest BCUT2D eigenvalue weighted by molar-refractivity contribution is 5.91. The number of amides is 1. The molecule has 2 heterocycles. The number of halogens is 1. The summed E-state index contributed by atoms with van der Waals surface area (Å²) in [5.74, 6) is -0.217. The van der Waals surface area contributed by atoms with Crippen molar-refractivity contribution >= 4 is 11.8 Å². The number of carbonyl (C=O) groups excluding carboxylic acids is 1. The van der Waals surface area contributed by atoms with Crippen molar-refractivity contribution in [3.05, 3.63) is 29.6 Å². The lowest BCUT2D eigenvalue weighted by atomic mass is 9.74. The molecular weight excluding hydrogens is 283 g/mol. The van der Waals surface area contributed by atoms with Crippen LogP contribution in [0.3, 0.4) is 0 Å². The number of hydrogen-bond donors (Lipinski definition) is 1. The molecule has 0 aromatic heterocycles. The van der Waals surface area contributed by atoms with E-state index in [1.807, 2.05) is 26.8 Å². The van der Waals surface area contributed by atoms with Crippen LogP contribution in [0.1, 0.15) is 39.2 Å². The minimum absolute atomic E-state index is 0.217. The fourth-order valence-corrected chi connectivity index (χ4v) is 3.52. The van der Waals surface area contributed by atoms with Crippen molar-refractivity contribution in [3.8, 4) is 0 Å². The smallest absolute Gasteiger partial charge is 0.414 e. The highest BCUT2D eigenvalue weighted by atomic mass is 19.1. The van der Waals surface area contributed by atoms with Gasteiger partial charge in [0.25, 0.3) is 0 Å². The van der Waals surface area contributed by atoms with E-state index in [9.17, 15) is 9.18 Å². The molecule has 2 aliphatic rings. The van der Waals surface area contributed by atoms with Gasteiger partial charge in [0.2, 0.25) is 0 Å². The zero-order chi connectivity index (χ0) is 16.0. The summed E-state index contributed by atoms with van der Waals surface area (Å²) in [6.45, 7) is 7.71. The summed E-state index contributed by atoms with van der Waals surface area (Å²) in [5.41, 5.74) is 0.496. The third kappa shape index (κ3) is 2.58. The lowest BCUT2D eigenvalue weighted by molar-refractivity contribution is 0.0575. The molecule has 1 saturated heterocycles. The molecule has 1 spiro atoms. The van der Waals surface area contributed by atoms with Crippen molar-refractivity contribution in [2.75, 3.05) is 24.5 Å². The number of rotatable bonds is 0. The number of nitrogens with one attached hydrogen (secondary N) is 1. The normalized spacial score (nSPS) is 20.1. The Kier molecular flexibility index (Phi) is 3.63. The van der Waals surface area contributed by atoms with Gasteiger partial charge in [-0.2, -0.15) is 0 Å². The molecule has 1 fully saturated rings. The molecule has 2 aliphatic heterocycles. The molecule has 120 valence electrons. The molecule has 1 aromatic rings. The van der Waals surface area contributed by atoms with Crippen molar-refractivity contribution in [2.24, 2.45) is 0 Å². The first-order valence-corrected chi connectivity index (χ1v) is 7.83. The zero-order valence-electron chi connectivity index (χ0n) is 13.4.